The van der Waals surface area contributed by atoms with Crippen molar-refractivity contribution in [2.75, 3.05) is 0 Å². The fraction of sp³-hybridized carbons (Fsp3) is 0.375. The lowest BCUT2D eigenvalue weighted by Crippen LogP contribution is -2.03. The molecule has 0 saturated heterocycles. The molecule has 19 heavy (non-hydrogen) atoms. The second-order valence-electron chi connectivity index (χ2n) is 5.42. The van der Waals surface area contributed by atoms with Gasteiger partial charge < -0.3 is 4.57 Å². The summed E-state index contributed by atoms with van der Waals surface area (Å²) in [4.78, 5) is 9.33. The zero-order chi connectivity index (χ0) is 13.4. The Balaban J connectivity index is 2.39. The van der Waals surface area contributed by atoms with E-state index >= 15 is 0 Å². The van der Waals surface area contributed by atoms with E-state index in [4.69, 9.17) is 4.98 Å². The molecule has 0 fully saturated rings. The van der Waals surface area contributed by atoms with Gasteiger partial charge in [-0.2, -0.15) is 0 Å². The monoisotopic (exact) mass is 253 g/mol. The van der Waals surface area contributed by atoms with Gasteiger partial charge in [-0.05, 0) is 18.4 Å². The molecule has 0 unspecified atom stereocenters. The van der Waals surface area contributed by atoms with Crippen LogP contribution in [0.3, 0.4) is 0 Å². The van der Waals surface area contributed by atoms with Crippen LogP contribution >= 0.6 is 0 Å². The summed E-state index contributed by atoms with van der Waals surface area (Å²) < 4.78 is 2.27. The topological polar surface area (TPSA) is 30.7 Å². The maximum absolute atomic E-state index is 4.74. The maximum atomic E-state index is 4.74. The Labute approximate surface area is 113 Å². The average Bonchev–Trinajstić information content (AvgIpc) is 2.81. The van der Waals surface area contributed by atoms with E-state index in [1.807, 2.05) is 12.4 Å². The van der Waals surface area contributed by atoms with Crippen molar-refractivity contribution < 1.29 is 0 Å². The van der Waals surface area contributed by atoms with Crippen molar-refractivity contribution in [1.29, 1.82) is 0 Å². The Kier molecular flexibility index (Phi) is 2.97. The van der Waals surface area contributed by atoms with Gasteiger partial charge in [-0.25, -0.2) is 4.98 Å². The second kappa shape index (κ2) is 4.65. The van der Waals surface area contributed by atoms with Crippen LogP contribution in [-0.4, -0.2) is 14.5 Å². The van der Waals surface area contributed by atoms with E-state index < -0.39 is 0 Å². The number of rotatable bonds is 3. The molecule has 2 heterocycles. The van der Waals surface area contributed by atoms with Gasteiger partial charge in [0.25, 0.3) is 0 Å². The molecule has 0 atom stereocenters. The number of hydrogen-bond donors (Lipinski definition) is 0. The Morgan fingerprint density at radius 1 is 1.21 bits per heavy atom. The normalized spacial score (nSPS) is 11.8. The SMILES string of the molecule is CCc1nc2ccccc2c2c1ncn2CC(C)C. The highest BCUT2D eigenvalue weighted by Crippen LogP contribution is 2.26. The average molecular weight is 253 g/mol. The van der Waals surface area contributed by atoms with Gasteiger partial charge in [0.2, 0.25) is 0 Å². The number of para-hydroxylation sites is 1. The molecule has 3 nitrogen and oxygen atoms in total. The molecule has 0 amide bonds. The summed E-state index contributed by atoms with van der Waals surface area (Å²) in [5, 5.41) is 1.20. The van der Waals surface area contributed by atoms with Gasteiger partial charge in [-0.3, -0.25) is 4.98 Å². The van der Waals surface area contributed by atoms with Gasteiger partial charge in [0.15, 0.2) is 0 Å². The molecule has 0 saturated carbocycles. The molecule has 0 N–H and O–H groups in total. The fourth-order valence-electron chi connectivity index (χ4n) is 2.62. The van der Waals surface area contributed by atoms with Gasteiger partial charge in [-0.1, -0.05) is 39.0 Å². The van der Waals surface area contributed by atoms with Crippen LogP contribution in [0.4, 0.5) is 0 Å². The summed E-state index contributed by atoms with van der Waals surface area (Å²) >= 11 is 0. The van der Waals surface area contributed by atoms with Gasteiger partial charge in [-0.15, -0.1) is 0 Å². The summed E-state index contributed by atoms with van der Waals surface area (Å²) in [7, 11) is 0. The van der Waals surface area contributed by atoms with Crippen LogP contribution in [0.25, 0.3) is 21.9 Å². The van der Waals surface area contributed by atoms with Gasteiger partial charge >= 0.3 is 0 Å². The number of pyridine rings is 1. The highest BCUT2D eigenvalue weighted by atomic mass is 15.1. The third-order valence-electron chi connectivity index (χ3n) is 3.42. The highest BCUT2D eigenvalue weighted by Gasteiger charge is 2.13. The van der Waals surface area contributed by atoms with Crippen molar-refractivity contribution >= 4 is 21.9 Å². The predicted octanol–water partition coefficient (Wildman–Crippen LogP) is 3.80. The third kappa shape index (κ3) is 1.99. The number of aromatic nitrogens is 3. The van der Waals surface area contributed by atoms with Crippen LogP contribution in [0.15, 0.2) is 30.6 Å². The molecule has 0 aliphatic heterocycles. The zero-order valence-corrected chi connectivity index (χ0v) is 11.7. The Hall–Kier alpha value is -1.90. The lowest BCUT2D eigenvalue weighted by atomic mass is 10.1. The number of benzene rings is 1. The first-order chi connectivity index (χ1) is 9.20. The van der Waals surface area contributed by atoms with Crippen LogP contribution in [0, 0.1) is 5.92 Å². The molecule has 0 aliphatic carbocycles. The molecule has 98 valence electrons. The van der Waals surface area contributed by atoms with E-state index in [9.17, 15) is 0 Å². The van der Waals surface area contributed by atoms with Crippen LogP contribution in [0.2, 0.25) is 0 Å². The van der Waals surface area contributed by atoms with E-state index in [0.717, 1.165) is 29.7 Å². The summed E-state index contributed by atoms with van der Waals surface area (Å²) in [5.74, 6) is 0.606. The molecule has 2 aromatic heterocycles. The lowest BCUT2D eigenvalue weighted by Gasteiger charge is -2.10. The van der Waals surface area contributed by atoms with Gasteiger partial charge in [0, 0.05) is 11.9 Å². The van der Waals surface area contributed by atoms with Crippen molar-refractivity contribution in [2.24, 2.45) is 5.92 Å². The van der Waals surface area contributed by atoms with Crippen molar-refractivity contribution in [3.63, 3.8) is 0 Å². The van der Waals surface area contributed by atoms with Crippen molar-refractivity contribution in [3.05, 3.63) is 36.3 Å². The molecule has 3 rings (SSSR count). The van der Waals surface area contributed by atoms with E-state index in [-0.39, 0.29) is 0 Å². The lowest BCUT2D eigenvalue weighted by molar-refractivity contribution is 0.533. The fourth-order valence-corrected chi connectivity index (χ4v) is 2.62. The maximum Gasteiger partial charge on any atom is 0.111 e. The number of fused-ring (bicyclic) bond motifs is 3. The number of hydrogen-bond acceptors (Lipinski definition) is 2. The van der Waals surface area contributed by atoms with Crippen molar-refractivity contribution in [1.82, 2.24) is 14.5 Å². The smallest absolute Gasteiger partial charge is 0.111 e. The molecule has 3 heteroatoms. The van der Waals surface area contributed by atoms with E-state index in [0.29, 0.717) is 5.92 Å². The number of nitrogens with zero attached hydrogens (tertiary/aromatic N) is 3. The van der Waals surface area contributed by atoms with Crippen LogP contribution in [-0.2, 0) is 13.0 Å². The van der Waals surface area contributed by atoms with Crippen molar-refractivity contribution in [3.8, 4) is 0 Å². The summed E-state index contributed by atoms with van der Waals surface area (Å²) in [6.07, 6.45) is 2.87. The molecular formula is C16H19N3. The standard InChI is InChI=1S/C16H19N3/c1-4-13-15-16(19(10-17-15)9-11(2)3)12-7-5-6-8-14(12)18-13/h5-8,10-11H,4,9H2,1-3H3. The molecule has 1 aromatic carbocycles. The quantitative estimate of drug-likeness (QED) is 0.710. The second-order valence-corrected chi connectivity index (χ2v) is 5.42. The third-order valence-corrected chi connectivity index (χ3v) is 3.42. The van der Waals surface area contributed by atoms with Crippen molar-refractivity contribution in [2.45, 2.75) is 33.7 Å². The van der Waals surface area contributed by atoms with E-state index in [2.05, 4.69) is 48.5 Å². The van der Waals surface area contributed by atoms with Gasteiger partial charge in [0.1, 0.15) is 5.52 Å². The Morgan fingerprint density at radius 3 is 2.74 bits per heavy atom. The summed E-state index contributed by atoms with van der Waals surface area (Å²) in [6, 6.07) is 8.34. The van der Waals surface area contributed by atoms with E-state index in [1.54, 1.807) is 0 Å². The molecule has 0 bridgehead atoms. The summed E-state index contributed by atoms with van der Waals surface area (Å²) in [6.45, 7) is 7.59. The van der Waals surface area contributed by atoms with Gasteiger partial charge in [0.05, 0.1) is 23.1 Å². The number of aryl methyl sites for hydroxylation is 1. The molecule has 0 aliphatic rings. The predicted molar refractivity (Wildman–Crippen MR) is 79.3 cm³/mol. The summed E-state index contributed by atoms with van der Waals surface area (Å²) in [5.41, 5.74) is 4.45. The largest absolute Gasteiger partial charge is 0.330 e. The number of imidazole rings is 1. The molecular weight excluding hydrogens is 234 g/mol. The highest BCUT2D eigenvalue weighted by molar-refractivity contribution is 6.03. The first kappa shape index (κ1) is 12.2. The van der Waals surface area contributed by atoms with Crippen LogP contribution < -0.4 is 0 Å². The molecule has 0 spiro atoms. The van der Waals surface area contributed by atoms with E-state index in [1.165, 1.54) is 10.9 Å². The zero-order valence-electron chi connectivity index (χ0n) is 11.7. The minimum absolute atomic E-state index is 0.606. The first-order valence-corrected chi connectivity index (χ1v) is 6.93. The Bertz CT molecular complexity index is 725. The Morgan fingerprint density at radius 2 is 2.00 bits per heavy atom. The minimum atomic E-state index is 0.606. The van der Waals surface area contributed by atoms with Crippen LogP contribution in [0.1, 0.15) is 26.5 Å². The van der Waals surface area contributed by atoms with Crippen LogP contribution in [0.5, 0.6) is 0 Å². The first-order valence-electron chi connectivity index (χ1n) is 6.93. The molecule has 0 radical (unpaired) electrons. The molecule has 3 aromatic rings. The minimum Gasteiger partial charge on any atom is -0.330 e.